The molecule has 5 nitrogen and oxygen atoms in total. The molecule has 5 rings (SSSR count). The van der Waals surface area contributed by atoms with Gasteiger partial charge in [-0.1, -0.05) is 0 Å². The number of nitrogens with zero attached hydrogens (tertiary/aromatic N) is 5. The maximum atomic E-state index is 14.4. The molecule has 28 heavy (non-hydrogen) atoms. The van der Waals surface area contributed by atoms with Crippen molar-refractivity contribution in [3.8, 4) is 11.4 Å². The number of hydrogen-bond donors (Lipinski definition) is 0. The predicted molar refractivity (Wildman–Crippen MR) is 102 cm³/mol. The van der Waals surface area contributed by atoms with E-state index in [0.717, 1.165) is 41.4 Å². The molecule has 0 radical (unpaired) electrons. The smallest absolute Gasteiger partial charge is 0.160 e. The number of imidazole rings is 2. The summed E-state index contributed by atoms with van der Waals surface area (Å²) in [6.45, 7) is 3.13. The van der Waals surface area contributed by atoms with Crippen molar-refractivity contribution in [2.45, 2.75) is 32.9 Å². The van der Waals surface area contributed by atoms with Crippen molar-refractivity contribution in [2.75, 3.05) is 0 Å². The summed E-state index contributed by atoms with van der Waals surface area (Å²) in [6.07, 6.45) is 6.05. The minimum Gasteiger partial charge on any atom is -0.323 e. The van der Waals surface area contributed by atoms with Crippen molar-refractivity contribution < 1.29 is 8.78 Å². The normalized spacial score (nSPS) is 14.1. The zero-order valence-electron chi connectivity index (χ0n) is 15.4. The minimum atomic E-state index is -0.499. The zero-order chi connectivity index (χ0) is 19.3. The van der Waals surface area contributed by atoms with E-state index in [0.29, 0.717) is 18.3 Å². The molecule has 0 saturated heterocycles. The molecular weight excluding hydrogens is 360 g/mol. The van der Waals surface area contributed by atoms with Crippen LogP contribution in [0.25, 0.3) is 22.6 Å². The van der Waals surface area contributed by atoms with E-state index < -0.39 is 11.6 Å². The Hall–Kier alpha value is -3.09. The van der Waals surface area contributed by atoms with E-state index in [4.69, 9.17) is 4.98 Å². The highest BCUT2D eigenvalue weighted by Gasteiger charge is 2.25. The first-order valence-electron chi connectivity index (χ1n) is 9.38. The summed E-state index contributed by atoms with van der Waals surface area (Å²) in [5.74, 6) is 0.904. The largest absolute Gasteiger partial charge is 0.323 e. The van der Waals surface area contributed by atoms with Crippen molar-refractivity contribution in [1.82, 2.24) is 24.1 Å². The summed E-state index contributed by atoms with van der Waals surface area (Å²) in [6, 6.07) is 7.24. The third-order valence-electron chi connectivity index (χ3n) is 5.10. The van der Waals surface area contributed by atoms with Gasteiger partial charge in [-0.2, -0.15) is 0 Å². The fourth-order valence-corrected chi connectivity index (χ4v) is 3.58. The average molecular weight is 379 g/mol. The summed E-state index contributed by atoms with van der Waals surface area (Å²) in [5, 5.41) is 0. The topological polar surface area (TPSA) is 48.5 Å². The molecule has 0 bridgehead atoms. The van der Waals surface area contributed by atoms with Crippen LogP contribution in [-0.2, 0) is 13.1 Å². The number of benzene rings is 1. The molecule has 1 aliphatic carbocycles. The molecule has 0 amide bonds. The van der Waals surface area contributed by atoms with Crippen LogP contribution in [0.4, 0.5) is 8.78 Å². The van der Waals surface area contributed by atoms with Gasteiger partial charge in [-0.05, 0) is 56.0 Å². The van der Waals surface area contributed by atoms with Crippen LogP contribution in [0.1, 0.15) is 24.4 Å². The van der Waals surface area contributed by atoms with Crippen LogP contribution in [0, 0.1) is 24.5 Å². The molecule has 142 valence electrons. The molecule has 1 saturated carbocycles. The Balaban J connectivity index is 1.60. The van der Waals surface area contributed by atoms with E-state index in [2.05, 4.69) is 14.5 Å². The molecule has 4 aromatic rings. The Labute approximate surface area is 160 Å². The Kier molecular flexibility index (Phi) is 3.96. The molecular formula is C21H19F2N5. The van der Waals surface area contributed by atoms with E-state index in [1.54, 1.807) is 6.20 Å². The van der Waals surface area contributed by atoms with Crippen LogP contribution in [-0.4, -0.2) is 24.1 Å². The number of fused-ring (bicyclic) bond motifs is 1. The first-order valence-corrected chi connectivity index (χ1v) is 9.38. The molecule has 0 atom stereocenters. The van der Waals surface area contributed by atoms with Gasteiger partial charge in [0.05, 0.1) is 17.8 Å². The van der Waals surface area contributed by atoms with Gasteiger partial charge in [0, 0.05) is 18.9 Å². The lowest BCUT2D eigenvalue weighted by Gasteiger charge is -2.11. The van der Waals surface area contributed by atoms with Crippen LogP contribution >= 0.6 is 0 Å². The van der Waals surface area contributed by atoms with Crippen molar-refractivity contribution >= 4 is 11.2 Å². The van der Waals surface area contributed by atoms with E-state index in [1.807, 2.05) is 29.8 Å². The lowest BCUT2D eigenvalue weighted by Crippen LogP contribution is -2.11. The molecule has 1 fully saturated rings. The van der Waals surface area contributed by atoms with Crippen molar-refractivity contribution in [3.63, 3.8) is 0 Å². The summed E-state index contributed by atoms with van der Waals surface area (Å²) in [4.78, 5) is 13.7. The van der Waals surface area contributed by atoms with E-state index in [9.17, 15) is 8.78 Å². The van der Waals surface area contributed by atoms with Gasteiger partial charge in [0.1, 0.15) is 28.8 Å². The van der Waals surface area contributed by atoms with Crippen LogP contribution in [0.15, 0.2) is 42.7 Å². The summed E-state index contributed by atoms with van der Waals surface area (Å²) in [7, 11) is 0. The predicted octanol–water partition coefficient (Wildman–Crippen LogP) is 4.34. The van der Waals surface area contributed by atoms with Gasteiger partial charge in [-0.15, -0.1) is 0 Å². The van der Waals surface area contributed by atoms with Gasteiger partial charge in [0.2, 0.25) is 0 Å². The number of aryl methyl sites for hydroxylation is 1. The third kappa shape index (κ3) is 3.06. The highest BCUT2D eigenvalue weighted by Crippen LogP contribution is 2.32. The molecule has 0 N–H and O–H groups in total. The Morgan fingerprint density at radius 2 is 2.00 bits per heavy atom. The van der Waals surface area contributed by atoms with Crippen LogP contribution < -0.4 is 0 Å². The third-order valence-corrected chi connectivity index (χ3v) is 5.10. The maximum absolute atomic E-state index is 14.4. The van der Waals surface area contributed by atoms with Gasteiger partial charge < -0.3 is 9.13 Å². The van der Waals surface area contributed by atoms with Gasteiger partial charge in [0.25, 0.3) is 0 Å². The monoisotopic (exact) mass is 379 g/mol. The lowest BCUT2D eigenvalue weighted by molar-refractivity contribution is 0.585. The first-order chi connectivity index (χ1) is 13.6. The second-order valence-electron chi connectivity index (χ2n) is 7.39. The Morgan fingerprint density at radius 3 is 2.82 bits per heavy atom. The Bertz CT molecular complexity index is 1170. The van der Waals surface area contributed by atoms with E-state index >= 15 is 0 Å². The van der Waals surface area contributed by atoms with Crippen molar-refractivity contribution in [2.24, 2.45) is 5.92 Å². The quantitative estimate of drug-likeness (QED) is 0.518. The maximum Gasteiger partial charge on any atom is 0.160 e. The van der Waals surface area contributed by atoms with Crippen LogP contribution in [0.5, 0.6) is 0 Å². The minimum absolute atomic E-state index is 0.149. The summed E-state index contributed by atoms with van der Waals surface area (Å²) in [5.41, 5.74) is 2.59. The number of aromatic nitrogens is 5. The Morgan fingerprint density at radius 1 is 1.14 bits per heavy atom. The highest BCUT2D eigenvalue weighted by molar-refractivity contribution is 5.71. The van der Waals surface area contributed by atoms with Crippen molar-refractivity contribution in [1.29, 1.82) is 0 Å². The SMILES string of the molecule is Cc1cn(Cc2nc3cccnc3n2CC2CC2)c(-c2cc(F)ccc2F)n1. The second kappa shape index (κ2) is 6.51. The number of pyridine rings is 1. The summed E-state index contributed by atoms with van der Waals surface area (Å²) >= 11 is 0. The lowest BCUT2D eigenvalue weighted by atomic mass is 10.2. The van der Waals surface area contributed by atoms with E-state index in [1.165, 1.54) is 18.9 Å². The molecule has 0 aliphatic heterocycles. The summed E-state index contributed by atoms with van der Waals surface area (Å²) < 4.78 is 32.1. The van der Waals surface area contributed by atoms with Gasteiger partial charge in [0.15, 0.2) is 5.65 Å². The molecule has 0 spiro atoms. The number of rotatable bonds is 5. The number of halogens is 2. The molecule has 1 aliphatic rings. The fraction of sp³-hybridized carbons (Fsp3) is 0.286. The average Bonchev–Trinajstić information content (AvgIpc) is 3.34. The molecule has 3 aromatic heterocycles. The van der Waals surface area contributed by atoms with Crippen LogP contribution in [0.2, 0.25) is 0 Å². The molecule has 0 unspecified atom stereocenters. The van der Waals surface area contributed by atoms with Gasteiger partial charge in [-0.3, -0.25) is 0 Å². The zero-order valence-corrected chi connectivity index (χ0v) is 15.4. The van der Waals surface area contributed by atoms with E-state index in [-0.39, 0.29) is 5.56 Å². The number of hydrogen-bond acceptors (Lipinski definition) is 3. The van der Waals surface area contributed by atoms with Gasteiger partial charge in [-0.25, -0.2) is 23.7 Å². The molecule has 7 heteroatoms. The molecule has 3 heterocycles. The highest BCUT2D eigenvalue weighted by atomic mass is 19.1. The van der Waals surface area contributed by atoms with Gasteiger partial charge >= 0.3 is 0 Å². The van der Waals surface area contributed by atoms with Crippen molar-refractivity contribution in [3.05, 3.63) is 65.9 Å². The standard InChI is InChI=1S/C21H19F2N5/c1-13-10-27(20(25-13)16-9-15(22)6-7-17(16)23)12-19-26-18-3-2-8-24-21(18)28(19)11-14-4-5-14/h2-3,6-10,14H,4-5,11-12H2,1H3. The van der Waals surface area contributed by atoms with Crippen LogP contribution in [0.3, 0.4) is 0 Å². The molecule has 1 aromatic carbocycles. The second-order valence-corrected chi connectivity index (χ2v) is 7.39. The fourth-order valence-electron chi connectivity index (χ4n) is 3.58. The first kappa shape index (κ1) is 17.0.